The number of carbonyl (C=O) groups excluding carboxylic acids is 2. The summed E-state index contributed by atoms with van der Waals surface area (Å²) in [6.45, 7) is 10.8. The summed E-state index contributed by atoms with van der Waals surface area (Å²) in [5.41, 5.74) is -0.466. The first-order valence-corrected chi connectivity index (χ1v) is 9.20. The lowest BCUT2D eigenvalue weighted by Gasteiger charge is -2.43. The molecule has 0 aromatic carbocycles. The van der Waals surface area contributed by atoms with E-state index in [1.165, 1.54) is 0 Å². The van der Waals surface area contributed by atoms with Crippen molar-refractivity contribution in [3.8, 4) is 0 Å². The van der Waals surface area contributed by atoms with Gasteiger partial charge in [-0.15, -0.1) is 0 Å². The molecule has 1 heterocycles. The summed E-state index contributed by atoms with van der Waals surface area (Å²) in [5, 5.41) is 0. The average molecular weight is 340 g/mol. The molecule has 0 spiro atoms. The topological polar surface area (TPSA) is 59.1 Å². The maximum atomic E-state index is 12.2. The van der Waals surface area contributed by atoms with Crippen LogP contribution in [0.5, 0.6) is 0 Å². The van der Waals surface area contributed by atoms with Gasteiger partial charge >= 0.3 is 12.1 Å². The minimum atomic E-state index is -0.466. The molecule has 2 atom stereocenters. The fourth-order valence-corrected chi connectivity index (χ4v) is 3.64. The second-order valence-electron chi connectivity index (χ2n) is 7.71. The van der Waals surface area contributed by atoms with Crippen LogP contribution in [0, 0.1) is 5.92 Å². The molecule has 1 aliphatic carbocycles. The van der Waals surface area contributed by atoms with E-state index in [9.17, 15) is 9.59 Å². The molecule has 2 aliphatic rings. The first-order valence-electron chi connectivity index (χ1n) is 9.20. The van der Waals surface area contributed by atoms with E-state index in [-0.39, 0.29) is 24.0 Å². The van der Waals surface area contributed by atoms with Crippen LogP contribution >= 0.6 is 0 Å². The molecule has 24 heavy (non-hydrogen) atoms. The SMILES string of the molecule is CCOC(=O)[C@@H]1CCCC[C@H]1N1CCN(C(=O)OC(C)(C)C)CC1. The number of piperazine rings is 1. The van der Waals surface area contributed by atoms with Crippen LogP contribution in [0.3, 0.4) is 0 Å². The third kappa shape index (κ3) is 5.10. The first kappa shape index (κ1) is 19.0. The molecule has 0 N–H and O–H groups in total. The van der Waals surface area contributed by atoms with Gasteiger partial charge in [-0.25, -0.2) is 4.79 Å². The van der Waals surface area contributed by atoms with Crippen LogP contribution < -0.4 is 0 Å². The lowest BCUT2D eigenvalue weighted by atomic mass is 9.83. The van der Waals surface area contributed by atoms with Gasteiger partial charge in [0, 0.05) is 32.2 Å². The van der Waals surface area contributed by atoms with E-state index in [0.29, 0.717) is 19.7 Å². The van der Waals surface area contributed by atoms with E-state index in [1.807, 2.05) is 27.7 Å². The minimum absolute atomic E-state index is 0.0215. The van der Waals surface area contributed by atoms with Gasteiger partial charge in [0.15, 0.2) is 0 Å². The maximum Gasteiger partial charge on any atom is 0.410 e. The number of ether oxygens (including phenoxy) is 2. The Morgan fingerprint density at radius 2 is 1.67 bits per heavy atom. The molecule has 1 saturated carbocycles. The average Bonchev–Trinajstić information content (AvgIpc) is 2.53. The Labute approximate surface area is 145 Å². The second-order valence-corrected chi connectivity index (χ2v) is 7.71. The molecule has 2 rings (SSSR count). The number of carbonyl (C=O) groups is 2. The third-order valence-corrected chi connectivity index (χ3v) is 4.75. The van der Waals surface area contributed by atoms with Gasteiger partial charge in [-0.1, -0.05) is 12.8 Å². The van der Waals surface area contributed by atoms with Crippen molar-refractivity contribution in [3.63, 3.8) is 0 Å². The molecular weight excluding hydrogens is 308 g/mol. The van der Waals surface area contributed by atoms with Crippen molar-refractivity contribution >= 4 is 12.1 Å². The number of rotatable bonds is 3. The van der Waals surface area contributed by atoms with E-state index in [1.54, 1.807) is 4.90 Å². The fraction of sp³-hybridized carbons (Fsp3) is 0.889. The molecule has 1 amide bonds. The summed E-state index contributed by atoms with van der Waals surface area (Å²) >= 11 is 0. The second kappa shape index (κ2) is 8.19. The highest BCUT2D eigenvalue weighted by molar-refractivity contribution is 5.73. The van der Waals surface area contributed by atoms with Crippen LogP contribution in [0.1, 0.15) is 53.4 Å². The monoisotopic (exact) mass is 340 g/mol. The highest BCUT2D eigenvalue weighted by Crippen LogP contribution is 2.30. The first-order chi connectivity index (χ1) is 11.3. The summed E-state index contributed by atoms with van der Waals surface area (Å²) in [6, 6.07) is 0.249. The molecule has 0 unspecified atom stereocenters. The van der Waals surface area contributed by atoms with E-state index in [4.69, 9.17) is 9.47 Å². The largest absolute Gasteiger partial charge is 0.466 e. The molecule has 0 radical (unpaired) electrons. The van der Waals surface area contributed by atoms with Crippen molar-refractivity contribution in [2.45, 2.75) is 65.0 Å². The molecule has 0 bridgehead atoms. The van der Waals surface area contributed by atoms with Gasteiger partial charge in [0.25, 0.3) is 0 Å². The Morgan fingerprint density at radius 3 is 2.25 bits per heavy atom. The van der Waals surface area contributed by atoms with Crippen LogP contribution in [-0.4, -0.2) is 66.3 Å². The smallest absolute Gasteiger partial charge is 0.410 e. The van der Waals surface area contributed by atoms with Crippen molar-refractivity contribution in [1.29, 1.82) is 0 Å². The van der Waals surface area contributed by atoms with Gasteiger partial charge in [0.05, 0.1) is 12.5 Å². The number of hydrogen-bond acceptors (Lipinski definition) is 5. The van der Waals surface area contributed by atoms with E-state index in [0.717, 1.165) is 38.8 Å². The van der Waals surface area contributed by atoms with Crippen molar-refractivity contribution < 1.29 is 19.1 Å². The zero-order chi connectivity index (χ0) is 17.7. The Bertz CT molecular complexity index is 439. The van der Waals surface area contributed by atoms with Gasteiger partial charge in [-0.05, 0) is 40.5 Å². The predicted octanol–water partition coefficient (Wildman–Crippen LogP) is 2.66. The predicted molar refractivity (Wildman–Crippen MR) is 91.8 cm³/mol. The van der Waals surface area contributed by atoms with Gasteiger partial charge in [-0.2, -0.15) is 0 Å². The van der Waals surface area contributed by atoms with Gasteiger partial charge in [-0.3, -0.25) is 9.69 Å². The highest BCUT2D eigenvalue weighted by atomic mass is 16.6. The molecule has 1 aliphatic heterocycles. The number of nitrogens with zero attached hydrogens (tertiary/aromatic N) is 2. The van der Waals surface area contributed by atoms with Crippen LogP contribution in [0.15, 0.2) is 0 Å². The van der Waals surface area contributed by atoms with Crippen molar-refractivity contribution in [1.82, 2.24) is 9.80 Å². The van der Waals surface area contributed by atoms with Gasteiger partial charge in [0.1, 0.15) is 5.60 Å². The van der Waals surface area contributed by atoms with E-state index < -0.39 is 5.60 Å². The van der Waals surface area contributed by atoms with Crippen LogP contribution in [0.4, 0.5) is 4.79 Å². The fourth-order valence-electron chi connectivity index (χ4n) is 3.64. The normalized spacial score (nSPS) is 26.1. The molecule has 0 aromatic rings. The standard InChI is InChI=1S/C18H32N2O4/c1-5-23-16(21)14-8-6-7-9-15(14)19-10-12-20(13-11-19)17(22)24-18(2,3)4/h14-15H,5-13H2,1-4H3/t14-,15-/m1/s1. The van der Waals surface area contributed by atoms with Crippen molar-refractivity contribution in [3.05, 3.63) is 0 Å². The van der Waals surface area contributed by atoms with Crippen LogP contribution in [0.2, 0.25) is 0 Å². The number of hydrogen-bond donors (Lipinski definition) is 0. The zero-order valence-corrected chi connectivity index (χ0v) is 15.5. The van der Waals surface area contributed by atoms with Crippen molar-refractivity contribution in [2.24, 2.45) is 5.92 Å². The highest BCUT2D eigenvalue weighted by Gasteiger charge is 2.37. The molecule has 6 heteroatoms. The quantitative estimate of drug-likeness (QED) is 0.739. The molecule has 2 fully saturated rings. The molecule has 0 aromatic heterocycles. The number of esters is 1. The zero-order valence-electron chi connectivity index (χ0n) is 15.5. The summed E-state index contributed by atoms with van der Waals surface area (Å²) < 4.78 is 10.7. The molecule has 6 nitrogen and oxygen atoms in total. The summed E-state index contributed by atoms with van der Waals surface area (Å²) in [6.07, 6.45) is 3.96. The number of amides is 1. The molecular formula is C18H32N2O4. The Morgan fingerprint density at radius 1 is 1.04 bits per heavy atom. The summed E-state index contributed by atoms with van der Waals surface area (Å²) in [5.74, 6) is -0.0800. The lowest BCUT2D eigenvalue weighted by Crippen LogP contribution is -2.55. The molecule has 138 valence electrons. The van der Waals surface area contributed by atoms with Crippen molar-refractivity contribution in [2.75, 3.05) is 32.8 Å². The van der Waals surface area contributed by atoms with E-state index in [2.05, 4.69) is 4.90 Å². The Balaban J connectivity index is 1.90. The van der Waals surface area contributed by atoms with Gasteiger partial charge in [0.2, 0.25) is 0 Å². The van der Waals surface area contributed by atoms with E-state index >= 15 is 0 Å². The molecule has 1 saturated heterocycles. The lowest BCUT2D eigenvalue weighted by molar-refractivity contribution is -0.152. The third-order valence-electron chi connectivity index (χ3n) is 4.75. The Hall–Kier alpha value is -1.30. The maximum absolute atomic E-state index is 12.2. The van der Waals surface area contributed by atoms with Crippen LogP contribution in [-0.2, 0) is 14.3 Å². The van der Waals surface area contributed by atoms with Gasteiger partial charge < -0.3 is 14.4 Å². The summed E-state index contributed by atoms with van der Waals surface area (Å²) in [4.78, 5) is 28.5. The minimum Gasteiger partial charge on any atom is -0.466 e. The summed E-state index contributed by atoms with van der Waals surface area (Å²) in [7, 11) is 0. The Kier molecular flexibility index (Phi) is 6.49. The van der Waals surface area contributed by atoms with Crippen LogP contribution in [0.25, 0.3) is 0 Å².